The van der Waals surface area contributed by atoms with E-state index in [-0.39, 0.29) is 6.42 Å². The Kier molecular flexibility index (Phi) is 4.93. The third kappa shape index (κ3) is 4.77. The standard InChI is InChI=1S/C16H21F3N2/c1-12(2)20-11-13-4-5-14-6-9-21(15(14)10-13)8-3-7-16(17,18)19/h4-6,9-10,12,20H,3,7-8,11H2,1-2H3. The molecular weight excluding hydrogens is 277 g/mol. The highest BCUT2D eigenvalue weighted by molar-refractivity contribution is 5.80. The predicted molar refractivity (Wildman–Crippen MR) is 79.2 cm³/mol. The first kappa shape index (κ1) is 15.9. The number of hydrogen-bond donors (Lipinski definition) is 1. The minimum Gasteiger partial charge on any atom is -0.347 e. The van der Waals surface area contributed by atoms with Crippen molar-refractivity contribution >= 4 is 10.9 Å². The van der Waals surface area contributed by atoms with E-state index in [9.17, 15) is 13.2 Å². The highest BCUT2D eigenvalue weighted by Crippen LogP contribution is 2.23. The molecule has 0 amide bonds. The number of halogens is 3. The molecule has 21 heavy (non-hydrogen) atoms. The largest absolute Gasteiger partial charge is 0.389 e. The molecule has 2 aromatic rings. The van der Waals surface area contributed by atoms with Crippen LogP contribution in [-0.2, 0) is 13.1 Å². The molecule has 0 saturated carbocycles. The van der Waals surface area contributed by atoms with E-state index in [2.05, 4.69) is 31.3 Å². The average molecular weight is 298 g/mol. The predicted octanol–water partition coefficient (Wildman–Crippen LogP) is 4.48. The van der Waals surface area contributed by atoms with Crippen LogP contribution in [0.5, 0.6) is 0 Å². The summed E-state index contributed by atoms with van der Waals surface area (Å²) in [6.07, 6.45) is -2.83. The van der Waals surface area contributed by atoms with Crippen LogP contribution < -0.4 is 5.32 Å². The quantitative estimate of drug-likeness (QED) is 0.832. The van der Waals surface area contributed by atoms with E-state index in [1.807, 2.05) is 22.9 Å². The van der Waals surface area contributed by atoms with Crippen molar-refractivity contribution < 1.29 is 13.2 Å². The fraction of sp³-hybridized carbons (Fsp3) is 0.500. The molecule has 0 unspecified atom stereocenters. The number of nitrogens with one attached hydrogen (secondary N) is 1. The van der Waals surface area contributed by atoms with Crippen LogP contribution in [0.1, 0.15) is 32.3 Å². The van der Waals surface area contributed by atoms with Gasteiger partial charge in [0, 0.05) is 37.3 Å². The maximum atomic E-state index is 12.2. The van der Waals surface area contributed by atoms with Gasteiger partial charge in [0.25, 0.3) is 0 Å². The third-order valence-corrected chi connectivity index (χ3v) is 3.41. The van der Waals surface area contributed by atoms with Crippen molar-refractivity contribution in [2.45, 2.75) is 52.0 Å². The Morgan fingerprint density at radius 1 is 1.19 bits per heavy atom. The third-order valence-electron chi connectivity index (χ3n) is 3.41. The number of benzene rings is 1. The van der Waals surface area contributed by atoms with Gasteiger partial charge in [-0.3, -0.25) is 0 Å². The van der Waals surface area contributed by atoms with Gasteiger partial charge in [-0.25, -0.2) is 0 Å². The zero-order chi connectivity index (χ0) is 15.5. The summed E-state index contributed by atoms with van der Waals surface area (Å²) in [6, 6.07) is 8.48. The molecule has 1 aromatic heterocycles. The van der Waals surface area contributed by atoms with Gasteiger partial charge in [0.15, 0.2) is 0 Å². The molecule has 116 valence electrons. The molecule has 0 radical (unpaired) electrons. The normalized spacial score (nSPS) is 12.5. The average Bonchev–Trinajstić information content (AvgIpc) is 2.78. The second-order valence-corrected chi connectivity index (χ2v) is 5.66. The summed E-state index contributed by atoms with van der Waals surface area (Å²) in [4.78, 5) is 0. The van der Waals surface area contributed by atoms with E-state index in [1.54, 1.807) is 0 Å². The van der Waals surface area contributed by atoms with Crippen molar-refractivity contribution in [3.05, 3.63) is 36.0 Å². The monoisotopic (exact) mass is 298 g/mol. The lowest BCUT2D eigenvalue weighted by Crippen LogP contribution is -2.21. The van der Waals surface area contributed by atoms with E-state index < -0.39 is 12.6 Å². The summed E-state index contributed by atoms with van der Waals surface area (Å²) >= 11 is 0. The van der Waals surface area contributed by atoms with Gasteiger partial charge in [-0.1, -0.05) is 26.0 Å². The van der Waals surface area contributed by atoms with Gasteiger partial charge in [0.05, 0.1) is 0 Å². The second-order valence-electron chi connectivity index (χ2n) is 5.66. The molecule has 2 rings (SSSR count). The second kappa shape index (κ2) is 6.52. The molecule has 0 bridgehead atoms. The molecule has 0 saturated heterocycles. The Hall–Kier alpha value is -1.49. The molecule has 5 heteroatoms. The minimum absolute atomic E-state index is 0.113. The van der Waals surface area contributed by atoms with Gasteiger partial charge in [-0.05, 0) is 29.5 Å². The van der Waals surface area contributed by atoms with Crippen LogP contribution in [0.3, 0.4) is 0 Å². The first-order chi connectivity index (χ1) is 9.85. The number of aryl methyl sites for hydroxylation is 1. The Balaban J connectivity index is 2.07. The lowest BCUT2D eigenvalue weighted by Gasteiger charge is -2.10. The van der Waals surface area contributed by atoms with Crippen molar-refractivity contribution in [3.8, 4) is 0 Å². The van der Waals surface area contributed by atoms with Crippen LogP contribution in [0.25, 0.3) is 10.9 Å². The Bertz CT molecular complexity index is 585. The highest BCUT2D eigenvalue weighted by atomic mass is 19.4. The zero-order valence-electron chi connectivity index (χ0n) is 12.4. The SMILES string of the molecule is CC(C)NCc1ccc2ccn(CCCC(F)(F)F)c2c1. The van der Waals surface area contributed by atoms with Crippen molar-refractivity contribution in [1.29, 1.82) is 0 Å². The summed E-state index contributed by atoms with van der Waals surface area (Å²) in [5.41, 5.74) is 2.15. The Morgan fingerprint density at radius 3 is 2.62 bits per heavy atom. The van der Waals surface area contributed by atoms with E-state index in [0.29, 0.717) is 12.6 Å². The van der Waals surface area contributed by atoms with E-state index in [4.69, 9.17) is 0 Å². The van der Waals surface area contributed by atoms with Gasteiger partial charge < -0.3 is 9.88 Å². The Labute approximate surface area is 122 Å². The molecule has 0 spiro atoms. The van der Waals surface area contributed by atoms with E-state index in [1.165, 1.54) is 0 Å². The molecule has 1 N–H and O–H groups in total. The minimum atomic E-state index is -4.07. The van der Waals surface area contributed by atoms with Gasteiger partial charge in [-0.2, -0.15) is 13.2 Å². The summed E-state index contributed by atoms with van der Waals surface area (Å²) in [5, 5.41) is 4.41. The van der Waals surface area contributed by atoms with E-state index in [0.717, 1.165) is 23.0 Å². The fourth-order valence-corrected chi connectivity index (χ4v) is 2.31. The van der Waals surface area contributed by atoms with Gasteiger partial charge in [-0.15, -0.1) is 0 Å². The van der Waals surface area contributed by atoms with Crippen LogP contribution in [-0.4, -0.2) is 16.8 Å². The van der Waals surface area contributed by atoms with Crippen LogP contribution in [0.2, 0.25) is 0 Å². The molecule has 0 aliphatic rings. The molecule has 1 heterocycles. The molecule has 0 atom stereocenters. The molecule has 0 fully saturated rings. The Morgan fingerprint density at radius 2 is 1.95 bits per heavy atom. The fourth-order valence-electron chi connectivity index (χ4n) is 2.31. The lowest BCUT2D eigenvalue weighted by atomic mass is 10.1. The first-order valence-corrected chi connectivity index (χ1v) is 7.23. The first-order valence-electron chi connectivity index (χ1n) is 7.23. The van der Waals surface area contributed by atoms with Gasteiger partial charge in [0.2, 0.25) is 0 Å². The lowest BCUT2D eigenvalue weighted by molar-refractivity contribution is -0.135. The maximum absolute atomic E-state index is 12.2. The number of hydrogen-bond acceptors (Lipinski definition) is 1. The van der Waals surface area contributed by atoms with Crippen LogP contribution in [0.4, 0.5) is 13.2 Å². The van der Waals surface area contributed by atoms with Crippen molar-refractivity contribution in [2.24, 2.45) is 0 Å². The van der Waals surface area contributed by atoms with Gasteiger partial charge >= 0.3 is 6.18 Å². The van der Waals surface area contributed by atoms with Crippen LogP contribution in [0, 0.1) is 0 Å². The number of nitrogens with zero attached hydrogens (tertiary/aromatic N) is 1. The van der Waals surface area contributed by atoms with E-state index >= 15 is 0 Å². The molecule has 1 aromatic carbocycles. The molecule has 2 nitrogen and oxygen atoms in total. The summed E-state index contributed by atoms with van der Waals surface area (Å²) in [5.74, 6) is 0. The summed E-state index contributed by atoms with van der Waals surface area (Å²) in [6.45, 7) is 5.32. The van der Waals surface area contributed by atoms with Crippen LogP contribution >= 0.6 is 0 Å². The number of rotatable bonds is 6. The highest BCUT2D eigenvalue weighted by Gasteiger charge is 2.26. The topological polar surface area (TPSA) is 17.0 Å². The van der Waals surface area contributed by atoms with Gasteiger partial charge in [0.1, 0.15) is 0 Å². The van der Waals surface area contributed by atoms with Crippen molar-refractivity contribution in [3.63, 3.8) is 0 Å². The van der Waals surface area contributed by atoms with Crippen molar-refractivity contribution in [2.75, 3.05) is 0 Å². The zero-order valence-corrected chi connectivity index (χ0v) is 12.4. The molecule has 0 aliphatic heterocycles. The smallest absolute Gasteiger partial charge is 0.347 e. The summed E-state index contributed by atoms with van der Waals surface area (Å²) in [7, 11) is 0. The number of alkyl halides is 3. The number of aromatic nitrogens is 1. The van der Waals surface area contributed by atoms with Crippen molar-refractivity contribution in [1.82, 2.24) is 9.88 Å². The summed E-state index contributed by atoms with van der Waals surface area (Å²) < 4.78 is 38.6. The molecule has 0 aliphatic carbocycles. The molecular formula is C16H21F3N2. The number of fused-ring (bicyclic) bond motifs is 1. The maximum Gasteiger partial charge on any atom is 0.389 e. The van der Waals surface area contributed by atoms with Crippen LogP contribution in [0.15, 0.2) is 30.5 Å².